The van der Waals surface area contributed by atoms with Crippen molar-refractivity contribution in [3.63, 3.8) is 0 Å². The van der Waals surface area contributed by atoms with Gasteiger partial charge < -0.3 is 14.5 Å². The molecule has 0 bridgehead atoms. The zero-order chi connectivity index (χ0) is 13.1. The summed E-state index contributed by atoms with van der Waals surface area (Å²) in [7, 11) is 1.65. The molecule has 0 saturated heterocycles. The average Bonchev–Trinajstić information content (AvgIpc) is 2.73. The van der Waals surface area contributed by atoms with Crippen LogP contribution in [0.4, 0.5) is 0 Å². The number of aromatic nitrogens is 2. The molecule has 0 unspecified atom stereocenters. The normalized spacial score (nSPS) is 10.3. The number of amides is 1. The predicted molar refractivity (Wildman–Crippen MR) is 62.9 cm³/mol. The van der Waals surface area contributed by atoms with Gasteiger partial charge in [-0.15, -0.1) is 0 Å². The lowest BCUT2D eigenvalue weighted by molar-refractivity contribution is 0.0781. The van der Waals surface area contributed by atoms with Gasteiger partial charge in [-0.05, 0) is 13.0 Å². The molecular weight excluding hydrogens is 234 g/mol. The fourth-order valence-corrected chi connectivity index (χ4v) is 1.57. The summed E-state index contributed by atoms with van der Waals surface area (Å²) in [6.45, 7) is 2.13. The lowest BCUT2D eigenvalue weighted by Crippen LogP contribution is -2.26. The Morgan fingerprint density at radius 2 is 2.22 bits per heavy atom. The first-order valence-corrected chi connectivity index (χ1v) is 5.38. The third kappa shape index (κ3) is 2.65. The van der Waals surface area contributed by atoms with E-state index in [1.54, 1.807) is 20.0 Å². The molecule has 18 heavy (non-hydrogen) atoms. The largest absolute Gasteiger partial charge is 0.506 e. The van der Waals surface area contributed by atoms with Crippen LogP contribution in [0.1, 0.15) is 21.8 Å². The molecule has 0 saturated carbocycles. The average molecular weight is 247 g/mol. The summed E-state index contributed by atoms with van der Waals surface area (Å²) in [6.07, 6.45) is 2.68. The fraction of sp³-hybridized carbons (Fsp3) is 0.250. The second kappa shape index (κ2) is 4.87. The standard InChI is InChI=1S/C12H13N3O3/c1-8-3-10(14-18-8)7-15(2)12(17)9-4-11(16)6-13-5-9/h3-6,16H,7H2,1-2H3. The van der Waals surface area contributed by atoms with Crippen molar-refractivity contribution in [2.75, 3.05) is 7.05 Å². The molecule has 0 spiro atoms. The first kappa shape index (κ1) is 12.1. The topological polar surface area (TPSA) is 79.5 Å². The zero-order valence-electron chi connectivity index (χ0n) is 10.1. The van der Waals surface area contributed by atoms with Crippen molar-refractivity contribution < 1.29 is 14.4 Å². The molecule has 6 nitrogen and oxygen atoms in total. The SMILES string of the molecule is Cc1cc(CN(C)C(=O)c2cncc(O)c2)no1. The third-order valence-electron chi connectivity index (χ3n) is 2.39. The molecule has 1 N–H and O–H groups in total. The Morgan fingerprint density at radius 1 is 1.44 bits per heavy atom. The minimum Gasteiger partial charge on any atom is -0.506 e. The number of hydrogen-bond acceptors (Lipinski definition) is 5. The van der Waals surface area contributed by atoms with Gasteiger partial charge in [0, 0.05) is 19.3 Å². The smallest absolute Gasteiger partial charge is 0.255 e. The first-order valence-electron chi connectivity index (χ1n) is 5.38. The maximum Gasteiger partial charge on any atom is 0.255 e. The summed E-state index contributed by atoms with van der Waals surface area (Å²) in [5.41, 5.74) is 1.01. The minimum atomic E-state index is -0.237. The number of aryl methyl sites for hydroxylation is 1. The highest BCUT2D eigenvalue weighted by Crippen LogP contribution is 2.12. The highest BCUT2D eigenvalue weighted by molar-refractivity contribution is 5.94. The van der Waals surface area contributed by atoms with Crippen molar-refractivity contribution >= 4 is 5.91 Å². The van der Waals surface area contributed by atoms with Crippen LogP contribution < -0.4 is 0 Å². The fourth-order valence-electron chi connectivity index (χ4n) is 1.57. The zero-order valence-corrected chi connectivity index (χ0v) is 10.1. The minimum absolute atomic E-state index is 0.0356. The van der Waals surface area contributed by atoms with Crippen LogP contribution in [0.3, 0.4) is 0 Å². The van der Waals surface area contributed by atoms with E-state index in [4.69, 9.17) is 4.52 Å². The quantitative estimate of drug-likeness (QED) is 0.885. The van der Waals surface area contributed by atoms with Gasteiger partial charge in [0.15, 0.2) is 0 Å². The van der Waals surface area contributed by atoms with E-state index in [1.165, 1.54) is 23.4 Å². The Bertz CT molecular complexity index is 565. The predicted octanol–water partition coefficient (Wildman–Crippen LogP) is 1.36. The van der Waals surface area contributed by atoms with Gasteiger partial charge in [0.25, 0.3) is 5.91 Å². The van der Waals surface area contributed by atoms with Crippen LogP contribution in [0.25, 0.3) is 0 Å². The van der Waals surface area contributed by atoms with Crippen molar-refractivity contribution in [3.8, 4) is 5.75 Å². The molecule has 0 aliphatic rings. The summed E-state index contributed by atoms with van der Waals surface area (Å²) < 4.78 is 4.93. The highest BCUT2D eigenvalue weighted by Gasteiger charge is 2.14. The Hall–Kier alpha value is -2.37. The van der Waals surface area contributed by atoms with Crippen LogP contribution in [-0.2, 0) is 6.54 Å². The summed E-state index contributed by atoms with van der Waals surface area (Å²) in [5.74, 6) is 0.426. The molecule has 0 aromatic carbocycles. The van der Waals surface area contributed by atoms with E-state index in [1.807, 2.05) is 0 Å². The van der Waals surface area contributed by atoms with E-state index in [2.05, 4.69) is 10.1 Å². The molecule has 0 radical (unpaired) electrons. The van der Waals surface area contributed by atoms with Gasteiger partial charge in [-0.1, -0.05) is 5.16 Å². The van der Waals surface area contributed by atoms with Gasteiger partial charge in [-0.3, -0.25) is 9.78 Å². The number of pyridine rings is 1. The molecule has 0 aliphatic heterocycles. The highest BCUT2D eigenvalue weighted by atomic mass is 16.5. The van der Waals surface area contributed by atoms with Crippen LogP contribution in [0, 0.1) is 6.92 Å². The number of aromatic hydroxyl groups is 1. The number of nitrogens with zero attached hydrogens (tertiary/aromatic N) is 3. The molecule has 1 amide bonds. The van der Waals surface area contributed by atoms with Gasteiger partial charge in [0.2, 0.25) is 0 Å². The van der Waals surface area contributed by atoms with E-state index in [9.17, 15) is 9.90 Å². The maximum atomic E-state index is 12.0. The van der Waals surface area contributed by atoms with E-state index in [-0.39, 0.29) is 11.7 Å². The van der Waals surface area contributed by atoms with E-state index in [0.29, 0.717) is 23.6 Å². The second-order valence-electron chi connectivity index (χ2n) is 4.02. The van der Waals surface area contributed by atoms with Gasteiger partial charge in [0.05, 0.1) is 18.3 Å². The number of hydrogen-bond donors (Lipinski definition) is 1. The van der Waals surface area contributed by atoms with Crippen molar-refractivity contribution in [3.05, 3.63) is 41.5 Å². The molecule has 0 atom stereocenters. The Labute approximate surface area is 104 Å². The van der Waals surface area contributed by atoms with Crippen molar-refractivity contribution in [2.45, 2.75) is 13.5 Å². The summed E-state index contributed by atoms with van der Waals surface area (Å²) in [6, 6.07) is 3.14. The number of carbonyl (C=O) groups is 1. The van der Waals surface area contributed by atoms with Crippen LogP contribution in [0.2, 0.25) is 0 Å². The molecule has 2 rings (SSSR count). The molecule has 0 aliphatic carbocycles. The van der Waals surface area contributed by atoms with Gasteiger partial charge in [-0.2, -0.15) is 0 Å². The lowest BCUT2D eigenvalue weighted by atomic mass is 10.2. The third-order valence-corrected chi connectivity index (χ3v) is 2.39. The summed E-state index contributed by atoms with van der Waals surface area (Å²) in [4.78, 5) is 17.3. The second-order valence-corrected chi connectivity index (χ2v) is 4.02. The molecule has 6 heteroatoms. The molecule has 94 valence electrons. The summed E-state index contributed by atoms with van der Waals surface area (Å²) in [5, 5.41) is 13.1. The van der Waals surface area contributed by atoms with E-state index < -0.39 is 0 Å². The van der Waals surface area contributed by atoms with Crippen LogP contribution in [-0.4, -0.2) is 33.1 Å². The molecule has 2 aromatic rings. The summed E-state index contributed by atoms with van der Waals surface area (Å²) >= 11 is 0. The molecule has 0 fully saturated rings. The number of carbonyl (C=O) groups excluding carboxylic acids is 1. The monoisotopic (exact) mass is 247 g/mol. The van der Waals surface area contributed by atoms with Crippen molar-refractivity contribution in [1.29, 1.82) is 0 Å². The Balaban J connectivity index is 2.09. The van der Waals surface area contributed by atoms with Crippen LogP contribution in [0.5, 0.6) is 5.75 Å². The lowest BCUT2D eigenvalue weighted by Gasteiger charge is -2.15. The van der Waals surface area contributed by atoms with Gasteiger partial charge in [-0.25, -0.2) is 0 Å². The van der Waals surface area contributed by atoms with Crippen molar-refractivity contribution in [1.82, 2.24) is 15.0 Å². The van der Waals surface area contributed by atoms with Crippen LogP contribution >= 0.6 is 0 Å². The van der Waals surface area contributed by atoms with E-state index >= 15 is 0 Å². The molecule has 2 aromatic heterocycles. The first-order chi connectivity index (χ1) is 8.56. The maximum absolute atomic E-state index is 12.0. The Morgan fingerprint density at radius 3 is 2.83 bits per heavy atom. The van der Waals surface area contributed by atoms with E-state index in [0.717, 1.165) is 0 Å². The molecular formula is C12H13N3O3. The van der Waals surface area contributed by atoms with Gasteiger partial charge >= 0.3 is 0 Å². The Kier molecular flexibility index (Phi) is 3.27. The van der Waals surface area contributed by atoms with Gasteiger partial charge in [0.1, 0.15) is 17.2 Å². The molecule has 2 heterocycles. The van der Waals surface area contributed by atoms with Crippen LogP contribution in [0.15, 0.2) is 29.0 Å². The van der Waals surface area contributed by atoms with Crippen molar-refractivity contribution in [2.24, 2.45) is 0 Å². The number of rotatable bonds is 3.